The fourth-order valence-corrected chi connectivity index (χ4v) is 4.07. The summed E-state index contributed by atoms with van der Waals surface area (Å²) in [7, 11) is 0. The molecule has 3 heterocycles. The molecular weight excluding hydrogens is 423 g/mol. The average molecular weight is 448 g/mol. The van der Waals surface area contributed by atoms with Crippen molar-refractivity contribution in [3.8, 4) is 17.0 Å². The first-order valence-corrected chi connectivity index (χ1v) is 11.0. The summed E-state index contributed by atoms with van der Waals surface area (Å²) >= 11 is 0. The molecular formula is C25H25FN4O3. The van der Waals surface area contributed by atoms with E-state index in [-0.39, 0.29) is 12.4 Å². The highest BCUT2D eigenvalue weighted by atomic mass is 19.1. The molecule has 1 unspecified atom stereocenters. The standard InChI is InChI=1S/C25H25FN4O3/c26-19-6-9-22-23(15-19)33-28-25(22)18-4-7-21(8-5-18)32-17-20(31)16-29-11-13-30(14-12-29)24-3-1-2-10-27-24/h1-10,15,20,31H,11-14,16-17H2. The predicted molar refractivity (Wildman–Crippen MR) is 124 cm³/mol. The Morgan fingerprint density at radius 2 is 1.85 bits per heavy atom. The van der Waals surface area contributed by atoms with Crippen molar-refractivity contribution in [2.24, 2.45) is 0 Å². The van der Waals surface area contributed by atoms with Crippen LogP contribution in [-0.2, 0) is 0 Å². The summed E-state index contributed by atoms with van der Waals surface area (Å²) in [5.74, 6) is 1.30. The number of ether oxygens (including phenoxy) is 1. The zero-order valence-electron chi connectivity index (χ0n) is 18.1. The van der Waals surface area contributed by atoms with Gasteiger partial charge in [0.15, 0.2) is 5.58 Å². The third-order valence-electron chi connectivity index (χ3n) is 5.82. The van der Waals surface area contributed by atoms with E-state index in [0.717, 1.165) is 42.9 Å². The van der Waals surface area contributed by atoms with Crippen LogP contribution in [0.15, 0.2) is 71.4 Å². The number of hydrogen-bond donors (Lipinski definition) is 1. The van der Waals surface area contributed by atoms with Crippen LogP contribution in [0, 0.1) is 5.82 Å². The molecule has 0 aliphatic carbocycles. The smallest absolute Gasteiger partial charge is 0.170 e. The van der Waals surface area contributed by atoms with E-state index in [2.05, 4.69) is 19.9 Å². The molecule has 0 amide bonds. The lowest BCUT2D eigenvalue weighted by Gasteiger charge is -2.36. The third kappa shape index (κ3) is 4.97. The molecule has 4 aromatic rings. The van der Waals surface area contributed by atoms with Gasteiger partial charge in [-0.15, -0.1) is 0 Å². The lowest BCUT2D eigenvalue weighted by Crippen LogP contribution is -2.49. The zero-order valence-corrected chi connectivity index (χ0v) is 18.1. The monoisotopic (exact) mass is 448 g/mol. The Labute approximate surface area is 191 Å². The van der Waals surface area contributed by atoms with Crippen molar-refractivity contribution in [2.45, 2.75) is 6.10 Å². The van der Waals surface area contributed by atoms with Crippen LogP contribution >= 0.6 is 0 Å². The first-order valence-electron chi connectivity index (χ1n) is 11.0. The number of benzene rings is 2. The summed E-state index contributed by atoms with van der Waals surface area (Å²) in [5.41, 5.74) is 1.91. The number of hydrogen-bond acceptors (Lipinski definition) is 7. The van der Waals surface area contributed by atoms with Gasteiger partial charge in [0.1, 0.15) is 35.8 Å². The first kappa shape index (κ1) is 21.4. The van der Waals surface area contributed by atoms with Gasteiger partial charge in [-0.3, -0.25) is 4.90 Å². The van der Waals surface area contributed by atoms with Crippen LogP contribution in [0.2, 0.25) is 0 Å². The molecule has 0 bridgehead atoms. The molecule has 8 heteroatoms. The number of nitrogens with zero attached hydrogens (tertiary/aromatic N) is 4. The summed E-state index contributed by atoms with van der Waals surface area (Å²) in [4.78, 5) is 8.91. The zero-order chi connectivity index (χ0) is 22.6. The number of fused-ring (bicyclic) bond motifs is 1. The summed E-state index contributed by atoms with van der Waals surface area (Å²) in [6, 6.07) is 17.7. The molecule has 1 saturated heterocycles. The summed E-state index contributed by atoms with van der Waals surface area (Å²) in [6.45, 7) is 4.29. The number of anilines is 1. The summed E-state index contributed by atoms with van der Waals surface area (Å²) in [5, 5.41) is 15.3. The number of aliphatic hydroxyl groups is 1. The fraction of sp³-hybridized carbons (Fsp3) is 0.280. The minimum absolute atomic E-state index is 0.214. The van der Waals surface area contributed by atoms with Gasteiger partial charge >= 0.3 is 0 Å². The second-order valence-corrected chi connectivity index (χ2v) is 8.14. The molecule has 1 aliphatic heterocycles. The highest BCUT2D eigenvalue weighted by Gasteiger charge is 2.20. The maximum absolute atomic E-state index is 13.4. The van der Waals surface area contributed by atoms with Crippen molar-refractivity contribution in [2.75, 3.05) is 44.2 Å². The largest absolute Gasteiger partial charge is 0.491 e. The Morgan fingerprint density at radius 1 is 1.03 bits per heavy atom. The molecule has 33 heavy (non-hydrogen) atoms. The Morgan fingerprint density at radius 3 is 2.61 bits per heavy atom. The molecule has 1 fully saturated rings. The number of piperazine rings is 1. The van der Waals surface area contributed by atoms with Crippen LogP contribution in [0.3, 0.4) is 0 Å². The fourth-order valence-electron chi connectivity index (χ4n) is 4.07. The van der Waals surface area contributed by atoms with E-state index in [0.29, 0.717) is 23.6 Å². The van der Waals surface area contributed by atoms with Gasteiger partial charge in [-0.05, 0) is 48.5 Å². The molecule has 5 rings (SSSR count). The molecule has 1 atom stereocenters. The van der Waals surface area contributed by atoms with Gasteiger partial charge in [0.05, 0.1) is 0 Å². The van der Waals surface area contributed by atoms with Crippen molar-refractivity contribution in [3.05, 3.63) is 72.7 Å². The van der Waals surface area contributed by atoms with Crippen LogP contribution in [0.1, 0.15) is 0 Å². The minimum atomic E-state index is -0.583. The van der Waals surface area contributed by atoms with E-state index in [1.54, 1.807) is 6.07 Å². The molecule has 0 saturated carbocycles. The van der Waals surface area contributed by atoms with Gasteiger partial charge in [0.25, 0.3) is 0 Å². The van der Waals surface area contributed by atoms with E-state index >= 15 is 0 Å². The van der Waals surface area contributed by atoms with E-state index in [1.165, 1.54) is 12.1 Å². The lowest BCUT2D eigenvalue weighted by molar-refractivity contribution is 0.0662. The van der Waals surface area contributed by atoms with Crippen molar-refractivity contribution in [1.29, 1.82) is 0 Å². The van der Waals surface area contributed by atoms with Gasteiger partial charge in [0, 0.05) is 55.9 Å². The minimum Gasteiger partial charge on any atom is -0.491 e. The molecule has 170 valence electrons. The van der Waals surface area contributed by atoms with Crippen molar-refractivity contribution < 1.29 is 18.8 Å². The number of aliphatic hydroxyl groups excluding tert-OH is 1. The summed E-state index contributed by atoms with van der Waals surface area (Å²) in [6.07, 6.45) is 1.23. The molecule has 1 aliphatic rings. The average Bonchev–Trinajstić information content (AvgIpc) is 3.27. The highest BCUT2D eigenvalue weighted by Crippen LogP contribution is 2.29. The molecule has 2 aromatic carbocycles. The van der Waals surface area contributed by atoms with Crippen molar-refractivity contribution in [3.63, 3.8) is 0 Å². The molecule has 7 nitrogen and oxygen atoms in total. The number of aromatic nitrogens is 2. The van der Waals surface area contributed by atoms with Crippen molar-refractivity contribution in [1.82, 2.24) is 15.0 Å². The molecule has 1 N–H and O–H groups in total. The Balaban J connectivity index is 1.11. The predicted octanol–water partition coefficient (Wildman–Crippen LogP) is 3.59. The Hall–Kier alpha value is -3.49. The van der Waals surface area contributed by atoms with Crippen LogP contribution in [0.25, 0.3) is 22.2 Å². The normalized spacial score (nSPS) is 15.6. The second-order valence-electron chi connectivity index (χ2n) is 8.14. The van der Waals surface area contributed by atoms with E-state index in [4.69, 9.17) is 9.26 Å². The maximum Gasteiger partial charge on any atom is 0.170 e. The highest BCUT2D eigenvalue weighted by molar-refractivity contribution is 5.91. The third-order valence-corrected chi connectivity index (χ3v) is 5.82. The number of β-amino-alcohol motifs (C(OH)–C–C–N with tert-alkyl or cyclic N) is 1. The van der Waals surface area contributed by atoms with E-state index < -0.39 is 6.10 Å². The maximum atomic E-state index is 13.4. The molecule has 0 spiro atoms. The SMILES string of the molecule is OC(COc1ccc(-c2noc3cc(F)ccc23)cc1)CN1CCN(c2ccccn2)CC1. The van der Waals surface area contributed by atoms with Gasteiger partial charge in [-0.2, -0.15) is 0 Å². The lowest BCUT2D eigenvalue weighted by atomic mass is 10.1. The molecule has 0 radical (unpaired) electrons. The molecule has 2 aromatic heterocycles. The van der Waals surface area contributed by atoms with Crippen LogP contribution < -0.4 is 9.64 Å². The topological polar surface area (TPSA) is 74.9 Å². The van der Waals surface area contributed by atoms with Gasteiger partial charge in [0.2, 0.25) is 0 Å². The quantitative estimate of drug-likeness (QED) is 0.463. The van der Waals surface area contributed by atoms with E-state index in [9.17, 15) is 9.50 Å². The van der Waals surface area contributed by atoms with Crippen LogP contribution in [0.4, 0.5) is 10.2 Å². The van der Waals surface area contributed by atoms with Gasteiger partial charge in [-0.25, -0.2) is 9.37 Å². The second kappa shape index (κ2) is 9.56. The number of halogens is 1. The summed E-state index contributed by atoms with van der Waals surface area (Å²) < 4.78 is 24.4. The van der Waals surface area contributed by atoms with E-state index in [1.807, 2.05) is 48.7 Å². The van der Waals surface area contributed by atoms with Crippen LogP contribution in [-0.4, -0.2) is 65.6 Å². The van der Waals surface area contributed by atoms with Gasteiger partial charge < -0.3 is 19.3 Å². The Kier molecular flexibility index (Phi) is 6.19. The number of rotatable bonds is 7. The Bertz CT molecular complexity index is 1190. The van der Waals surface area contributed by atoms with Crippen molar-refractivity contribution >= 4 is 16.8 Å². The first-order chi connectivity index (χ1) is 16.2. The van der Waals surface area contributed by atoms with Gasteiger partial charge in [-0.1, -0.05) is 11.2 Å². The number of pyridine rings is 1. The van der Waals surface area contributed by atoms with Crippen LogP contribution in [0.5, 0.6) is 5.75 Å².